The molecule has 1 aromatic rings. The number of benzene rings is 1. The average Bonchev–Trinajstić information content (AvgIpc) is 2.86. The quantitative estimate of drug-likeness (QED) is 0.865. The number of methoxy groups -OCH3 is 1. The second-order valence-electron chi connectivity index (χ2n) is 5.93. The molecule has 2 rings (SSSR count). The molecule has 0 radical (unpaired) electrons. The Morgan fingerprint density at radius 1 is 1.45 bits per heavy atom. The molecule has 1 heterocycles. The fraction of sp³-hybridized carbons (Fsp3) is 0.647. The van der Waals surface area contributed by atoms with E-state index in [0.717, 1.165) is 23.8 Å². The number of aliphatic hydroxyl groups is 1. The van der Waals surface area contributed by atoms with E-state index in [0.29, 0.717) is 0 Å². The minimum absolute atomic E-state index is 0.425. The number of aliphatic hydroxyl groups excluding tert-OH is 1. The SMILES string of the molecule is CCCC1CCN(Cc2cc(C(C)O)ccc2OC)C1. The summed E-state index contributed by atoms with van der Waals surface area (Å²) in [5.41, 5.74) is 2.15. The molecule has 1 saturated heterocycles. The molecule has 0 aliphatic carbocycles. The van der Waals surface area contributed by atoms with Crippen molar-refractivity contribution in [3.63, 3.8) is 0 Å². The number of ether oxygens (including phenoxy) is 1. The number of rotatable bonds is 6. The van der Waals surface area contributed by atoms with Gasteiger partial charge in [0.25, 0.3) is 0 Å². The fourth-order valence-electron chi connectivity index (χ4n) is 3.12. The first-order chi connectivity index (χ1) is 9.63. The first-order valence-electron chi connectivity index (χ1n) is 7.71. The summed E-state index contributed by atoms with van der Waals surface area (Å²) in [6.07, 6.45) is 3.50. The number of nitrogens with zero attached hydrogens (tertiary/aromatic N) is 1. The smallest absolute Gasteiger partial charge is 0.123 e. The molecule has 112 valence electrons. The van der Waals surface area contributed by atoms with Crippen LogP contribution in [0.15, 0.2) is 18.2 Å². The van der Waals surface area contributed by atoms with Gasteiger partial charge in [0.2, 0.25) is 0 Å². The Balaban J connectivity index is 2.06. The van der Waals surface area contributed by atoms with Gasteiger partial charge in [-0.1, -0.05) is 19.4 Å². The third kappa shape index (κ3) is 3.74. The maximum atomic E-state index is 9.73. The lowest BCUT2D eigenvalue weighted by Gasteiger charge is -2.19. The van der Waals surface area contributed by atoms with E-state index in [4.69, 9.17) is 4.74 Å². The van der Waals surface area contributed by atoms with Crippen LogP contribution < -0.4 is 4.74 Å². The van der Waals surface area contributed by atoms with E-state index >= 15 is 0 Å². The van der Waals surface area contributed by atoms with E-state index in [1.165, 1.54) is 37.9 Å². The molecule has 0 aromatic heterocycles. The largest absolute Gasteiger partial charge is 0.496 e. The van der Waals surface area contributed by atoms with Gasteiger partial charge < -0.3 is 9.84 Å². The molecule has 3 nitrogen and oxygen atoms in total. The van der Waals surface area contributed by atoms with Gasteiger partial charge >= 0.3 is 0 Å². The molecular weight excluding hydrogens is 250 g/mol. The fourth-order valence-corrected chi connectivity index (χ4v) is 3.12. The van der Waals surface area contributed by atoms with Crippen molar-refractivity contribution in [2.24, 2.45) is 5.92 Å². The molecule has 20 heavy (non-hydrogen) atoms. The number of hydrogen-bond donors (Lipinski definition) is 1. The van der Waals surface area contributed by atoms with Crippen molar-refractivity contribution in [3.8, 4) is 5.75 Å². The van der Waals surface area contributed by atoms with Gasteiger partial charge in [-0.05, 0) is 49.9 Å². The molecule has 1 N–H and O–H groups in total. The van der Waals surface area contributed by atoms with Crippen molar-refractivity contribution in [3.05, 3.63) is 29.3 Å². The molecular formula is C17H27NO2. The second kappa shape index (κ2) is 7.09. The van der Waals surface area contributed by atoms with Crippen molar-refractivity contribution in [1.29, 1.82) is 0 Å². The average molecular weight is 277 g/mol. The number of likely N-dealkylation sites (tertiary alicyclic amines) is 1. The standard InChI is InChI=1S/C17H27NO2/c1-4-5-14-8-9-18(11-14)12-16-10-15(13(2)19)6-7-17(16)20-3/h6-7,10,13-14,19H,4-5,8-9,11-12H2,1-3H3. The highest BCUT2D eigenvalue weighted by Gasteiger charge is 2.22. The van der Waals surface area contributed by atoms with Gasteiger partial charge in [-0.25, -0.2) is 0 Å². The summed E-state index contributed by atoms with van der Waals surface area (Å²) < 4.78 is 5.46. The Labute approximate surface area is 122 Å². The first-order valence-corrected chi connectivity index (χ1v) is 7.71. The molecule has 2 unspecified atom stereocenters. The van der Waals surface area contributed by atoms with Gasteiger partial charge in [-0.2, -0.15) is 0 Å². The summed E-state index contributed by atoms with van der Waals surface area (Å²) in [5.74, 6) is 1.78. The topological polar surface area (TPSA) is 32.7 Å². The van der Waals surface area contributed by atoms with Gasteiger partial charge in [0.1, 0.15) is 5.75 Å². The zero-order valence-electron chi connectivity index (χ0n) is 12.9. The van der Waals surface area contributed by atoms with Crippen LogP contribution >= 0.6 is 0 Å². The lowest BCUT2D eigenvalue weighted by molar-refractivity contribution is 0.199. The van der Waals surface area contributed by atoms with E-state index in [1.54, 1.807) is 14.0 Å². The first kappa shape index (κ1) is 15.3. The minimum Gasteiger partial charge on any atom is -0.496 e. The van der Waals surface area contributed by atoms with E-state index in [1.807, 2.05) is 12.1 Å². The molecule has 2 atom stereocenters. The molecule has 0 saturated carbocycles. The maximum Gasteiger partial charge on any atom is 0.123 e. The predicted molar refractivity (Wildman–Crippen MR) is 81.9 cm³/mol. The monoisotopic (exact) mass is 277 g/mol. The summed E-state index contributed by atoms with van der Waals surface area (Å²) in [5, 5.41) is 9.73. The van der Waals surface area contributed by atoms with Crippen molar-refractivity contribution >= 4 is 0 Å². The Bertz CT molecular complexity index is 431. The highest BCUT2D eigenvalue weighted by molar-refractivity contribution is 5.38. The third-order valence-corrected chi connectivity index (χ3v) is 4.25. The predicted octanol–water partition coefficient (Wildman–Crippen LogP) is 3.37. The molecule has 1 aliphatic heterocycles. The summed E-state index contributed by atoms with van der Waals surface area (Å²) in [6.45, 7) is 7.35. The van der Waals surface area contributed by atoms with Crippen LogP contribution in [0.25, 0.3) is 0 Å². The van der Waals surface area contributed by atoms with Crippen LogP contribution in [0, 0.1) is 5.92 Å². The van der Waals surface area contributed by atoms with Crippen molar-refractivity contribution in [2.75, 3.05) is 20.2 Å². The Kier molecular flexibility index (Phi) is 5.44. The summed E-state index contributed by atoms with van der Waals surface area (Å²) in [7, 11) is 1.71. The van der Waals surface area contributed by atoms with Crippen LogP contribution in [0.5, 0.6) is 5.75 Å². The van der Waals surface area contributed by atoms with Gasteiger partial charge in [0, 0.05) is 18.7 Å². The minimum atomic E-state index is -0.425. The molecule has 3 heteroatoms. The molecule has 1 aromatic carbocycles. The van der Waals surface area contributed by atoms with Crippen LogP contribution in [-0.2, 0) is 6.54 Å². The summed E-state index contributed by atoms with van der Waals surface area (Å²) in [4.78, 5) is 2.50. The molecule has 0 bridgehead atoms. The molecule has 1 fully saturated rings. The van der Waals surface area contributed by atoms with Crippen LogP contribution in [0.2, 0.25) is 0 Å². The summed E-state index contributed by atoms with van der Waals surface area (Å²) >= 11 is 0. The molecule has 0 spiro atoms. The van der Waals surface area contributed by atoms with Gasteiger partial charge in [0.05, 0.1) is 13.2 Å². The number of hydrogen-bond acceptors (Lipinski definition) is 3. The second-order valence-corrected chi connectivity index (χ2v) is 5.93. The van der Waals surface area contributed by atoms with Gasteiger partial charge in [0.15, 0.2) is 0 Å². The lowest BCUT2D eigenvalue weighted by atomic mass is 10.0. The van der Waals surface area contributed by atoms with Crippen molar-refractivity contribution < 1.29 is 9.84 Å². The van der Waals surface area contributed by atoms with Crippen molar-refractivity contribution in [1.82, 2.24) is 4.90 Å². The van der Waals surface area contributed by atoms with Gasteiger partial charge in [-0.15, -0.1) is 0 Å². The zero-order chi connectivity index (χ0) is 14.5. The lowest BCUT2D eigenvalue weighted by Crippen LogP contribution is -2.20. The molecule has 1 aliphatic rings. The van der Waals surface area contributed by atoms with Crippen LogP contribution in [0.1, 0.15) is 50.3 Å². The maximum absolute atomic E-state index is 9.73. The zero-order valence-corrected chi connectivity index (χ0v) is 12.9. The Morgan fingerprint density at radius 3 is 2.90 bits per heavy atom. The highest BCUT2D eigenvalue weighted by atomic mass is 16.5. The highest BCUT2D eigenvalue weighted by Crippen LogP contribution is 2.28. The Hall–Kier alpha value is -1.06. The van der Waals surface area contributed by atoms with Crippen molar-refractivity contribution in [2.45, 2.75) is 45.8 Å². The normalized spacial score (nSPS) is 21.1. The van der Waals surface area contributed by atoms with E-state index in [-0.39, 0.29) is 0 Å². The van der Waals surface area contributed by atoms with E-state index < -0.39 is 6.10 Å². The van der Waals surface area contributed by atoms with E-state index in [2.05, 4.69) is 17.9 Å². The molecule has 0 amide bonds. The van der Waals surface area contributed by atoms with E-state index in [9.17, 15) is 5.11 Å². The third-order valence-electron chi connectivity index (χ3n) is 4.25. The van der Waals surface area contributed by atoms with Crippen LogP contribution in [-0.4, -0.2) is 30.2 Å². The van der Waals surface area contributed by atoms with Crippen LogP contribution in [0.3, 0.4) is 0 Å². The summed E-state index contributed by atoms with van der Waals surface area (Å²) in [6, 6.07) is 5.99. The van der Waals surface area contributed by atoms with Gasteiger partial charge in [-0.3, -0.25) is 4.90 Å². The van der Waals surface area contributed by atoms with Crippen LogP contribution in [0.4, 0.5) is 0 Å². The Morgan fingerprint density at radius 2 is 2.25 bits per heavy atom.